The Morgan fingerprint density at radius 2 is 1.65 bits per heavy atom. The number of anilines is 1. The normalized spacial score (nSPS) is 14.8. The first-order chi connectivity index (χ1) is 14.7. The first kappa shape index (κ1) is 21.6. The van der Waals surface area contributed by atoms with Gasteiger partial charge in [0.15, 0.2) is 0 Å². The van der Waals surface area contributed by atoms with Crippen LogP contribution < -0.4 is 10.0 Å². The van der Waals surface area contributed by atoms with Gasteiger partial charge in [0.25, 0.3) is 0 Å². The Kier molecular flexibility index (Phi) is 5.88. The predicted octanol–water partition coefficient (Wildman–Crippen LogP) is 4.73. The second kappa shape index (κ2) is 8.46. The molecule has 31 heavy (non-hydrogen) atoms. The molecule has 160 valence electrons. The fourth-order valence-electron chi connectivity index (χ4n) is 3.60. The lowest BCUT2D eigenvalue weighted by molar-refractivity contribution is -0.118. The van der Waals surface area contributed by atoms with E-state index in [1.165, 1.54) is 0 Å². The second-order valence-corrected chi connectivity index (χ2v) is 10.2. The van der Waals surface area contributed by atoms with Crippen LogP contribution in [0.1, 0.15) is 24.0 Å². The minimum absolute atomic E-state index is 0.00540. The number of hydrogen-bond donors (Lipinski definition) is 2. The first-order valence-electron chi connectivity index (χ1n) is 9.97. The van der Waals surface area contributed by atoms with Crippen LogP contribution in [0.5, 0.6) is 0 Å². The topological polar surface area (TPSA) is 75.3 Å². The quantitative estimate of drug-likeness (QED) is 0.542. The summed E-state index contributed by atoms with van der Waals surface area (Å²) in [5.41, 5.74) is 4.08. The zero-order valence-corrected chi connectivity index (χ0v) is 18.6. The monoisotopic (exact) mass is 454 g/mol. The van der Waals surface area contributed by atoms with E-state index in [1.54, 1.807) is 0 Å². The molecule has 1 saturated carbocycles. The molecule has 0 radical (unpaired) electrons. The van der Waals surface area contributed by atoms with Gasteiger partial charge in [-0.3, -0.25) is 4.79 Å². The van der Waals surface area contributed by atoms with Gasteiger partial charge in [-0.1, -0.05) is 60.1 Å². The molecule has 0 aromatic heterocycles. The van der Waals surface area contributed by atoms with Crippen molar-refractivity contribution in [3.8, 4) is 11.1 Å². The van der Waals surface area contributed by atoms with Crippen LogP contribution in [0.25, 0.3) is 11.1 Å². The molecular weight excluding hydrogens is 432 g/mol. The molecule has 0 spiro atoms. The molecule has 1 aliphatic carbocycles. The van der Waals surface area contributed by atoms with Crippen LogP contribution in [-0.2, 0) is 26.8 Å². The SMILES string of the molecule is CS(=O)(=O)NCc1ccc(-c2cccc(NC(=O)C3(c4ccc(Cl)cc4)CC3)c2)cc1. The van der Waals surface area contributed by atoms with Gasteiger partial charge in [-0.05, 0) is 59.4 Å². The molecule has 0 saturated heterocycles. The Morgan fingerprint density at radius 3 is 2.26 bits per heavy atom. The number of halogens is 1. The molecule has 1 fully saturated rings. The van der Waals surface area contributed by atoms with E-state index in [4.69, 9.17) is 11.6 Å². The summed E-state index contributed by atoms with van der Waals surface area (Å²) in [6.07, 6.45) is 2.78. The molecule has 2 N–H and O–H groups in total. The van der Waals surface area contributed by atoms with Crippen LogP contribution in [-0.4, -0.2) is 20.6 Å². The Balaban J connectivity index is 1.47. The summed E-state index contributed by atoms with van der Waals surface area (Å²) in [6.45, 7) is 0.252. The second-order valence-electron chi connectivity index (χ2n) is 7.91. The van der Waals surface area contributed by atoms with Gasteiger partial charge in [0.05, 0.1) is 11.7 Å². The Morgan fingerprint density at radius 1 is 0.968 bits per heavy atom. The maximum Gasteiger partial charge on any atom is 0.235 e. The molecule has 0 atom stereocenters. The van der Waals surface area contributed by atoms with Crippen LogP contribution in [0.3, 0.4) is 0 Å². The largest absolute Gasteiger partial charge is 0.325 e. The lowest BCUT2D eigenvalue weighted by Crippen LogP contribution is -2.27. The average Bonchev–Trinajstić information content (AvgIpc) is 3.55. The van der Waals surface area contributed by atoms with Gasteiger partial charge in [0, 0.05) is 17.3 Å². The van der Waals surface area contributed by atoms with E-state index in [-0.39, 0.29) is 12.5 Å². The molecular formula is C24H23ClN2O3S. The van der Waals surface area contributed by atoms with Crippen molar-refractivity contribution < 1.29 is 13.2 Å². The summed E-state index contributed by atoms with van der Waals surface area (Å²) in [6, 6.07) is 22.8. The first-order valence-corrected chi connectivity index (χ1v) is 12.2. The van der Waals surface area contributed by atoms with Crippen LogP contribution in [0.15, 0.2) is 72.8 Å². The standard InChI is InChI=1S/C24H23ClN2O3S/c1-31(29,30)26-16-17-5-7-18(8-6-17)19-3-2-4-22(15-19)27-23(28)24(13-14-24)20-9-11-21(25)12-10-20/h2-12,15,26H,13-14,16H2,1H3,(H,27,28). The summed E-state index contributed by atoms with van der Waals surface area (Å²) in [7, 11) is -3.23. The van der Waals surface area contributed by atoms with E-state index < -0.39 is 15.4 Å². The van der Waals surface area contributed by atoms with Crippen molar-refractivity contribution in [3.63, 3.8) is 0 Å². The number of carbonyl (C=O) groups excluding carboxylic acids is 1. The van der Waals surface area contributed by atoms with Crippen molar-refractivity contribution >= 4 is 33.2 Å². The highest BCUT2D eigenvalue weighted by atomic mass is 35.5. The number of benzene rings is 3. The highest BCUT2D eigenvalue weighted by Gasteiger charge is 2.51. The molecule has 3 aromatic carbocycles. The Labute approximate surface area is 187 Å². The molecule has 1 amide bonds. The van der Waals surface area contributed by atoms with E-state index in [0.717, 1.165) is 47.0 Å². The van der Waals surface area contributed by atoms with E-state index in [9.17, 15) is 13.2 Å². The maximum atomic E-state index is 13.0. The third kappa shape index (κ3) is 5.15. The summed E-state index contributed by atoms with van der Waals surface area (Å²) >= 11 is 5.98. The van der Waals surface area contributed by atoms with Crippen molar-refractivity contribution in [2.24, 2.45) is 0 Å². The third-order valence-electron chi connectivity index (χ3n) is 5.53. The summed E-state index contributed by atoms with van der Waals surface area (Å²) < 4.78 is 25.0. The molecule has 5 nitrogen and oxygen atoms in total. The van der Waals surface area contributed by atoms with Crippen molar-refractivity contribution in [2.75, 3.05) is 11.6 Å². The van der Waals surface area contributed by atoms with Gasteiger partial charge in [0.1, 0.15) is 0 Å². The Hall–Kier alpha value is -2.67. The molecule has 0 unspecified atom stereocenters. The minimum Gasteiger partial charge on any atom is -0.325 e. The molecule has 0 aliphatic heterocycles. The van der Waals surface area contributed by atoms with E-state index in [1.807, 2.05) is 72.8 Å². The highest BCUT2D eigenvalue weighted by Crippen LogP contribution is 2.49. The van der Waals surface area contributed by atoms with Crippen LogP contribution >= 0.6 is 11.6 Å². The zero-order chi connectivity index (χ0) is 22.1. The fourth-order valence-corrected chi connectivity index (χ4v) is 4.15. The highest BCUT2D eigenvalue weighted by molar-refractivity contribution is 7.88. The van der Waals surface area contributed by atoms with Crippen LogP contribution in [0, 0.1) is 0 Å². The van der Waals surface area contributed by atoms with Crippen molar-refractivity contribution in [3.05, 3.63) is 88.9 Å². The molecule has 1 aliphatic rings. The van der Waals surface area contributed by atoms with Gasteiger partial charge in [-0.15, -0.1) is 0 Å². The van der Waals surface area contributed by atoms with E-state index in [2.05, 4.69) is 10.0 Å². The number of sulfonamides is 1. The van der Waals surface area contributed by atoms with Gasteiger partial charge in [0.2, 0.25) is 15.9 Å². The molecule has 7 heteroatoms. The van der Waals surface area contributed by atoms with Gasteiger partial charge >= 0.3 is 0 Å². The smallest absolute Gasteiger partial charge is 0.235 e. The lowest BCUT2D eigenvalue weighted by atomic mass is 9.95. The number of rotatable bonds is 7. The van der Waals surface area contributed by atoms with Crippen molar-refractivity contribution in [1.29, 1.82) is 0 Å². The predicted molar refractivity (Wildman–Crippen MR) is 125 cm³/mol. The minimum atomic E-state index is -3.23. The number of nitrogens with one attached hydrogen (secondary N) is 2. The fraction of sp³-hybridized carbons (Fsp3) is 0.208. The molecule has 0 heterocycles. The van der Waals surface area contributed by atoms with Crippen LogP contribution in [0.2, 0.25) is 5.02 Å². The third-order valence-corrected chi connectivity index (χ3v) is 6.45. The van der Waals surface area contributed by atoms with Crippen LogP contribution in [0.4, 0.5) is 5.69 Å². The number of carbonyl (C=O) groups is 1. The average molecular weight is 455 g/mol. The lowest BCUT2D eigenvalue weighted by Gasteiger charge is -2.16. The van der Waals surface area contributed by atoms with E-state index in [0.29, 0.717) is 5.02 Å². The zero-order valence-electron chi connectivity index (χ0n) is 17.1. The molecule has 3 aromatic rings. The van der Waals surface area contributed by atoms with Gasteiger partial charge in [-0.25, -0.2) is 13.1 Å². The number of hydrogen-bond acceptors (Lipinski definition) is 3. The summed E-state index contributed by atoms with van der Waals surface area (Å²) in [5.74, 6) is -0.00540. The molecule has 0 bridgehead atoms. The molecule has 4 rings (SSSR count). The van der Waals surface area contributed by atoms with Crippen molar-refractivity contribution in [1.82, 2.24) is 4.72 Å². The maximum absolute atomic E-state index is 13.0. The number of amides is 1. The summed E-state index contributed by atoms with van der Waals surface area (Å²) in [5, 5.41) is 3.73. The van der Waals surface area contributed by atoms with Crippen molar-refractivity contribution in [2.45, 2.75) is 24.8 Å². The van der Waals surface area contributed by atoms with Gasteiger partial charge in [-0.2, -0.15) is 0 Å². The Bertz CT molecular complexity index is 1200. The van der Waals surface area contributed by atoms with E-state index >= 15 is 0 Å². The van der Waals surface area contributed by atoms with Gasteiger partial charge < -0.3 is 5.32 Å². The summed E-state index contributed by atoms with van der Waals surface area (Å²) in [4.78, 5) is 13.0.